The molecule has 0 fully saturated rings. The van der Waals surface area contributed by atoms with Crippen LogP contribution in [-0.4, -0.2) is 16.0 Å². The van der Waals surface area contributed by atoms with Crippen LogP contribution in [0.3, 0.4) is 0 Å². The van der Waals surface area contributed by atoms with Crippen LogP contribution in [-0.2, 0) is 0 Å². The molecule has 0 saturated heterocycles. The van der Waals surface area contributed by atoms with Crippen LogP contribution in [0.1, 0.15) is 55.1 Å². The number of carbonyl (C=O) groups excluding carboxylic acids is 1. The fraction of sp³-hybridized carbons (Fsp3) is 0.333. The predicted molar refractivity (Wildman–Crippen MR) is 88.4 cm³/mol. The van der Waals surface area contributed by atoms with Gasteiger partial charge in [0, 0.05) is 18.1 Å². The zero-order valence-electron chi connectivity index (χ0n) is 13.5. The molecule has 0 spiro atoms. The minimum atomic E-state index is -0.913. The number of phenolic OH excluding ortho intramolecular Hbond substituents is 1. The Morgan fingerprint density at radius 3 is 2.71 bits per heavy atom. The van der Waals surface area contributed by atoms with E-state index in [4.69, 9.17) is 8.83 Å². The summed E-state index contributed by atoms with van der Waals surface area (Å²) in [5.41, 5.74) is -0.164. The molecule has 0 radical (unpaired) electrons. The van der Waals surface area contributed by atoms with E-state index < -0.39 is 11.7 Å². The molecule has 2 aromatic heterocycles. The van der Waals surface area contributed by atoms with Crippen molar-refractivity contribution in [3.05, 3.63) is 39.9 Å². The first kappa shape index (κ1) is 16.3. The van der Waals surface area contributed by atoms with Crippen molar-refractivity contribution >= 4 is 27.7 Å². The number of Topliss-reactive ketones (excluding diaryl/α,β-unsaturated/α-hetero) is 1. The summed E-state index contributed by atoms with van der Waals surface area (Å²) in [7, 11) is 0. The van der Waals surface area contributed by atoms with Crippen molar-refractivity contribution in [1.29, 1.82) is 0 Å². The normalized spacial score (nSPS) is 12.8. The number of rotatable bonds is 5. The molecule has 2 N–H and O–H groups in total. The van der Waals surface area contributed by atoms with Crippen molar-refractivity contribution in [2.24, 2.45) is 0 Å². The summed E-state index contributed by atoms with van der Waals surface area (Å²) in [5.74, 6) is -0.592. The highest BCUT2D eigenvalue weighted by atomic mass is 16.4. The van der Waals surface area contributed by atoms with E-state index in [1.807, 2.05) is 6.92 Å². The molecule has 24 heavy (non-hydrogen) atoms. The zero-order chi connectivity index (χ0) is 17.4. The summed E-state index contributed by atoms with van der Waals surface area (Å²) in [4.78, 5) is 24.4. The summed E-state index contributed by atoms with van der Waals surface area (Å²) < 4.78 is 10.7. The number of benzene rings is 1. The van der Waals surface area contributed by atoms with Crippen molar-refractivity contribution in [1.82, 2.24) is 0 Å². The lowest BCUT2D eigenvalue weighted by Gasteiger charge is -2.14. The first-order valence-corrected chi connectivity index (χ1v) is 7.90. The van der Waals surface area contributed by atoms with E-state index in [0.717, 1.165) is 0 Å². The molecule has 1 unspecified atom stereocenters. The number of aliphatic hydroxyl groups is 1. The number of hydrogen-bond acceptors (Lipinski definition) is 6. The summed E-state index contributed by atoms with van der Waals surface area (Å²) >= 11 is 0. The molecular weight excluding hydrogens is 312 g/mol. The number of aromatic hydroxyl groups is 1. The largest absolute Gasteiger partial charge is 0.506 e. The van der Waals surface area contributed by atoms with Crippen molar-refractivity contribution in [3.63, 3.8) is 0 Å². The summed E-state index contributed by atoms with van der Waals surface area (Å²) in [6, 6.07) is 2.74. The number of ketones is 1. The SMILES string of the molecule is CCCC(=O)c1c(O)c2ccoc2c2c(C(O)CC)cc(=O)oc12. The van der Waals surface area contributed by atoms with Crippen LogP contribution < -0.4 is 5.63 Å². The Labute approximate surface area is 137 Å². The number of carbonyl (C=O) groups is 1. The van der Waals surface area contributed by atoms with E-state index >= 15 is 0 Å². The monoisotopic (exact) mass is 330 g/mol. The molecule has 1 atom stereocenters. The Morgan fingerprint density at radius 2 is 2.04 bits per heavy atom. The van der Waals surface area contributed by atoms with Gasteiger partial charge in [-0.05, 0) is 18.9 Å². The molecular formula is C18H18O6. The van der Waals surface area contributed by atoms with E-state index in [1.54, 1.807) is 13.0 Å². The minimum Gasteiger partial charge on any atom is -0.506 e. The van der Waals surface area contributed by atoms with Gasteiger partial charge in [0.25, 0.3) is 0 Å². The van der Waals surface area contributed by atoms with Gasteiger partial charge < -0.3 is 19.0 Å². The third-order valence-electron chi connectivity index (χ3n) is 4.10. The van der Waals surface area contributed by atoms with E-state index in [2.05, 4.69) is 0 Å². The van der Waals surface area contributed by atoms with Crippen LogP contribution in [0.25, 0.3) is 21.9 Å². The van der Waals surface area contributed by atoms with Gasteiger partial charge in [-0.15, -0.1) is 0 Å². The molecule has 126 valence electrons. The van der Waals surface area contributed by atoms with Crippen LogP contribution in [0.2, 0.25) is 0 Å². The summed E-state index contributed by atoms with van der Waals surface area (Å²) in [6.07, 6.45) is 1.63. The second-order valence-electron chi connectivity index (χ2n) is 5.71. The smallest absolute Gasteiger partial charge is 0.336 e. The van der Waals surface area contributed by atoms with Gasteiger partial charge in [-0.25, -0.2) is 4.79 Å². The molecule has 0 bridgehead atoms. The van der Waals surface area contributed by atoms with Crippen molar-refractivity contribution in [3.8, 4) is 5.75 Å². The molecule has 1 aromatic carbocycles. The fourth-order valence-corrected chi connectivity index (χ4v) is 2.95. The number of furan rings is 1. The quantitative estimate of drug-likeness (QED) is 0.547. The molecule has 6 nitrogen and oxygen atoms in total. The van der Waals surface area contributed by atoms with Crippen LogP contribution in [0.5, 0.6) is 5.75 Å². The number of hydrogen-bond donors (Lipinski definition) is 2. The number of phenols is 1. The first-order chi connectivity index (χ1) is 11.5. The van der Waals surface area contributed by atoms with Crippen LogP contribution in [0.15, 0.2) is 32.0 Å². The Morgan fingerprint density at radius 1 is 1.29 bits per heavy atom. The van der Waals surface area contributed by atoms with E-state index in [9.17, 15) is 19.8 Å². The van der Waals surface area contributed by atoms with E-state index in [1.165, 1.54) is 12.3 Å². The second kappa shape index (κ2) is 6.13. The maximum Gasteiger partial charge on any atom is 0.336 e. The van der Waals surface area contributed by atoms with Crippen LogP contribution in [0, 0.1) is 0 Å². The maximum absolute atomic E-state index is 12.5. The molecule has 0 aliphatic rings. The molecule has 0 saturated carbocycles. The summed E-state index contributed by atoms with van der Waals surface area (Å²) in [6.45, 7) is 3.62. The highest BCUT2D eigenvalue weighted by Crippen LogP contribution is 2.41. The van der Waals surface area contributed by atoms with Crippen LogP contribution >= 0.6 is 0 Å². The van der Waals surface area contributed by atoms with Crippen LogP contribution in [0.4, 0.5) is 0 Å². The van der Waals surface area contributed by atoms with Gasteiger partial charge >= 0.3 is 5.63 Å². The number of aliphatic hydroxyl groups excluding tert-OH is 1. The van der Waals surface area contributed by atoms with Gasteiger partial charge in [0.15, 0.2) is 11.4 Å². The van der Waals surface area contributed by atoms with Crippen molar-refractivity contribution < 1.29 is 23.8 Å². The molecule has 3 rings (SSSR count). The third-order valence-corrected chi connectivity index (χ3v) is 4.10. The lowest BCUT2D eigenvalue weighted by Crippen LogP contribution is -2.08. The van der Waals surface area contributed by atoms with Gasteiger partial charge in [-0.3, -0.25) is 4.79 Å². The Balaban J connectivity index is 2.54. The summed E-state index contributed by atoms with van der Waals surface area (Å²) in [5, 5.41) is 21.5. The maximum atomic E-state index is 12.5. The minimum absolute atomic E-state index is 0.0385. The Bertz CT molecular complexity index is 978. The highest BCUT2D eigenvalue weighted by Gasteiger charge is 2.26. The Hall–Kier alpha value is -2.60. The van der Waals surface area contributed by atoms with Gasteiger partial charge in [0.05, 0.1) is 23.1 Å². The second-order valence-corrected chi connectivity index (χ2v) is 5.71. The van der Waals surface area contributed by atoms with Gasteiger partial charge in [-0.2, -0.15) is 0 Å². The lowest BCUT2D eigenvalue weighted by atomic mass is 9.95. The predicted octanol–water partition coefficient (Wildman–Crippen LogP) is 3.67. The van der Waals surface area contributed by atoms with E-state index in [0.29, 0.717) is 29.2 Å². The highest BCUT2D eigenvalue weighted by molar-refractivity contribution is 6.18. The van der Waals surface area contributed by atoms with Crippen molar-refractivity contribution in [2.45, 2.75) is 39.2 Å². The van der Waals surface area contributed by atoms with Crippen molar-refractivity contribution in [2.75, 3.05) is 0 Å². The fourth-order valence-electron chi connectivity index (χ4n) is 2.95. The van der Waals surface area contributed by atoms with Gasteiger partial charge in [0.1, 0.15) is 16.9 Å². The average Bonchev–Trinajstić information content (AvgIpc) is 3.03. The number of fused-ring (bicyclic) bond motifs is 3. The molecule has 0 aliphatic heterocycles. The third kappa shape index (κ3) is 2.39. The molecule has 2 heterocycles. The average molecular weight is 330 g/mol. The zero-order valence-corrected chi connectivity index (χ0v) is 13.5. The first-order valence-electron chi connectivity index (χ1n) is 7.90. The van der Waals surface area contributed by atoms with Gasteiger partial charge in [0.2, 0.25) is 0 Å². The molecule has 0 amide bonds. The van der Waals surface area contributed by atoms with Gasteiger partial charge in [-0.1, -0.05) is 13.8 Å². The molecule has 6 heteroatoms. The molecule has 0 aliphatic carbocycles. The standard InChI is InChI=1S/C18H18O6/c1-3-5-12(20)15-16(22)9-6-7-23-17(9)14-10(11(19)4-2)8-13(21)24-18(14)15/h6-8,11,19,22H,3-5H2,1-2H3. The Kier molecular flexibility index (Phi) is 4.15. The lowest BCUT2D eigenvalue weighted by molar-refractivity contribution is 0.0980. The topological polar surface area (TPSA) is 101 Å². The molecule has 3 aromatic rings. The van der Waals surface area contributed by atoms with E-state index in [-0.39, 0.29) is 34.7 Å².